The van der Waals surface area contributed by atoms with E-state index in [0.717, 1.165) is 6.08 Å². The molecule has 1 heterocycles. The zero-order valence-corrected chi connectivity index (χ0v) is 9.65. The van der Waals surface area contributed by atoms with E-state index in [2.05, 4.69) is 11.9 Å². The number of rotatable bonds is 4. The summed E-state index contributed by atoms with van der Waals surface area (Å²) in [7, 11) is 0. The van der Waals surface area contributed by atoms with Crippen molar-refractivity contribution in [3.63, 3.8) is 0 Å². The van der Waals surface area contributed by atoms with Gasteiger partial charge < -0.3 is 14.8 Å². The first kappa shape index (κ1) is 13.2. The van der Waals surface area contributed by atoms with Crippen molar-refractivity contribution in [3.05, 3.63) is 12.7 Å². The number of hydrogen-bond donors (Lipinski definition) is 1. The average molecular weight is 241 g/mol. The summed E-state index contributed by atoms with van der Waals surface area (Å²) < 4.78 is 9.91. The molecule has 0 aromatic heterocycles. The third kappa shape index (κ3) is 4.26. The molecule has 1 aliphatic heterocycles. The van der Waals surface area contributed by atoms with E-state index in [1.807, 2.05) is 0 Å². The largest absolute Gasteiger partial charge is 0.465 e. The van der Waals surface area contributed by atoms with Crippen molar-refractivity contribution in [1.29, 1.82) is 0 Å². The van der Waals surface area contributed by atoms with Crippen LogP contribution in [-0.4, -0.2) is 36.6 Å². The summed E-state index contributed by atoms with van der Waals surface area (Å²) in [5.41, 5.74) is -0.842. The number of carbonyl (C=O) groups excluding carboxylic acids is 3. The number of cyclic esters (lactones) is 1. The minimum atomic E-state index is -0.842. The molecule has 1 aliphatic rings. The van der Waals surface area contributed by atoms with Crippen LogP contribution in [0.5, 0.6) is 0 Å². The summed E-state index contributed by atoms with van der Waals surface area (Å²) in [4.78, 5) is 33.3. The van der Waals surface area contributed by atoms with Crippen LogP contribution < -0.4 is 5.32 Å². The molecule has 0 aliphatic carbocycles. The lowest BCUT2D eigenvalue weighted by Gasteiger charge is -2.32. The van der Waals surface area contributed by atoms with Crippen LogP contribution in [0.2, 0.25) is 0 Å². The number of amides is 1. The molecule has 0 bridgehead atoms. The Morgan fingerprint density at radius 3 is 2.94 bits per heavy atom. The van der Waals surface area contributed by atoms with Gasteiger partial charge in [0.1, 0.15) is 12.1 Å². The first-order chi connectivity index (χ1) is 7.95. The van der Waals surface area contributed by atoms with Gasteiger partial charge in [-0.05, 0) is 13.0 Å². The zero-order valence-electron chi connectivity index (χ0n) is 9.65. The molecule has 6 nitrogen and oxygen atoms in total. The van der Waals surface area contributed by atoms with Gasteiger partial charge >= 0.3 is 11.9 Å². The first-order valence-electron chi connectivity index (χ1n) is 5.23. The van der Waals surface area contributed by atoms with Crippen LogP contribution in [0.4, 0.5) is 0 Å². The quantitative estimate of drug-likeness (QED) is 0.550. The Hall–Kier alpha value is -1.85. The molecule has 1 saturated heterocycles. The maximum absolute atomic E-state index is 11.4. The molecule has 94 valence electrons. The summed E-state index contributed by atoms with van der Waals surface area (Å²) in [6.07, 6.45) is 1.56. The second kappa shape index (κ2) is 5.47. The molecule has 1 fully saturated rings. The molecular weight excluding hydrogens is 226 g/mol. The summed E-state index contributed by atoms with van der Waals surface area (Å²) in [5, 5.41) is 2.30. The van der Waals surface area contributed by atoms with E-state index in [-0.39, 0.29) is 25.5 Å². The van der Waals surface area contributed by atoms with E-state index in [1.54, 1.807) is 6.92 Å². The van der Waals surface area contributed by atoms with Gasteiger partial charge in [0.25, 0.3) is 0 Å². The molecule has 1 N–H and O–H groups in total. The lowest BCUT2D eigenvalue weighted by molar-refractivity contribution is -0.174. The molecule has 1 rings (SSSR count). The standard InChI is InChI=1S/C11H15NO5/c1-3-8(13)12-7-10(15)17-11(2)4-5-16-9(14)6-11/h3H,1,4-7H2,2H3,(H,12,13). The van der Waals surface area contributed by atoms with E-state index >= 15 is 0 Å². The van der Waals surface area contributed by atoms with Crippen LogP contribution in [0, 0.1) is 0 Å². The number of ether oxygens (including phenoxy) is 2. The highest BCUT2D eigenvalue weighted by molar-refractivity contribution is 5.89. The van der Waals surface area contributed by atoms with Crippen LogP contribution in [0.1, 0.15) is 19.8 Å². The fraction of sp³-hybridized carbons (Fsp3) is 0.545. The van der Waals surface area contributed by atoms with Gasteiger partial charge in [0.15, 0.2) is 0 Å². The van der Waals surface area contributed by atoms with Crippen molar-refractivity contribution in [1.82, 2.24) is 5.32 Å². The van der Waals surface area contributed by atoms with Crippen molar-refractivity contribution >= 4 is 17.8 Å². The highest BCUT2D eigenvalue weighted by Gasteiger charge is 2.36. The fourth-order valence-corrected chi connectivity index (χ4v) is 1.45. The van der Waals surface area contributed by atoms with Crippen molar-refractivity contribution in [2.75, 3.05) is 13.2 Å². The van der Waals surface area contributed by atoms with Crippen molar-refractivity contribution in [2.24, 2.45) is 0 Å². The third-order valence-corrected chi connectivity index (χ3v) is 2.36. The molecular formula is C11H15NO5. The van der Waals surface area contributed by atoms with Gasteiger partial charge in [-0.15, -0.1) is 0 Å². The Morgan fingerprint density at radius 1 is 1.65 bits per heavy atom. The second-order valence-electron chi connectivity index (χ2n) is 3.99. The zero-order chi connectivity index (χ0) is 12.9. The summed E-state index contributed by atoms with van der Waals surface area (Å²) in [6, 6.07) is 0. The molecule has 6 heteroatoms. The average Bonchev–Trinajstić information content (AvgIpc) is 2.24. The highest BCUT2D eigenvalue weighted by atomic mass is 16.6. The Labute approximate surface area is 99.0 Å². The second-order valence-corrected chi connectivity index (χ2v) is 3.99. The van der Waals surface area contributed by atoms with Crippen molar-refractivity contribution < 1.29 is 23.9 Å². The van der Waals surface area contributed by atoms with Crippen LogP contribution in [0.15, 0.2) is 12.7 Å². The number of carbonyl (C=O) groups is 3. The van der Waals surface area contributed by atoms with Crippen molar-refractivity contribution in [2.45, 2.75) is 25.4 Å². The number of hydrogen-bond acceptors (Lipinski definition) is 5. The van der Waals surface area contributed by atoms with Crippen LogP contribution in [0.3, 0.4) is 0 Å². The Balaban J connectivity index is 2.41. The third-order valence-electron chi connectivity index (χ3n) is 2.36. The molecule has 1 unspecified atom stereocenters. The van der Waals surface area contributed by atoms with Crippen LogP contribution in [-0.2, 0) is 23.9 Å². The van der Waals surface area contributed by atoms with Gasteiger partial charge in [-0.2, -0.15) is 0 Å². The van der Waals surface area contributed by atoms with Gasteiger partial charge in [-0.25, -0.2) is 0 Å². The van der Waals surface area contributed by atoms with Crippen LogP contribution in [0.25, 0.3) is 0 Å². The summed E-state index contributed by atoms with van der Waals surface area (Å²) in [5.74, 6) is -1.42. The van der Waals surface area contributed by atoms with Gasteiger partial charge in [0.05, 0.1) is 13.0 Å². The molecule has 0 saturated carbocycles. The molecule has 1 amide bonds. The Bertz CT molecular complexity index is 352. The Kier molecular flexibility index (Phi) is 4.25. The van der Waals surface area contributed by atoms with E-state index in [9.17, 15) is 14.4 Å². The molecule has 17 heavy (non-hydrogen) atoms. The molecule has 0 aromatic rings. The minimum absolute atomic E-state index is 0.0359. The molecule has 1 atom stereocenters. The van der Waals surface area contributed by atoms with Crippen molar-refractivity contribution in [3.8, 4) is 0 Å². The molecule has 0 radical (unpaired) electrons. The predicted octanol–water partition coefficient (Wildman–Crippen LogP) is -0.0725. The van der Waals surface area contributed by atoms with Gasteiger partial charge in [-0.1, -0.05) is 6.58 Å². The normalized spacial score (nSPS) is 23.5. The lowest BCUT2D eigenvalue weighted by Crippen LogP contribution is -2.42. The fourth-order valence-electron chi connectivity index (χ4n) is 1.45. The molecule has 0 aromatic carbocycles. The van der Waals surface area contributed by atoms with E-state index in [0.29, 0.717) is 6.42 Å². The Morgan fingerprint density at radius 2 is 2.35 bits per heavy atom. The highest BCUT2D eigenvalue weighted by Crippen LogP contribution is 2.25. The smallest absolute Gasteiger partial charge is 0.325 e. The SMILES string of the molecule is C=CC(=O)NCC(=O)OC1(C)CCOC(=O)C1. The van der Waals surface area contributed by atoms with E-state index in [1.165, 1.54) is 0 Å². The topological polar surface area (TPSA) is 81.7 Å². The van der Waals surface area contributed by atoms with Gasteiger partial charge in [-0.3, -0.25) is 14.4 Å². The maximum Gasteiger partial charge on any atom is 0.325 e. The predicted molar refractivity (Wildman–Crippen MR) is 57.9 cm³/mol. The molecule has 0 spiro atoms. The van der Waals surface area contributed by atoms with Gasteiger partial charge in [0.2, 0.25) is 5.91 Å². The van der Waals surface area contributed by atoms with Crippen LogP contribution >= 0.6 is 0 Å². The summed E-state index contributed by atoms with van der Waals surface area (Å²) >= 11 is 0. The number of esters is 2. The summed E-state index contributed by atoms with van der Waals surface area (Å²) in [6.45, 7) is 4.92. The van der Waals surface area contributed by atoms with E-state index in [4.69, 9.17) is 9.47 Å². The van der Waals surface area contributed by atoms with Gasteiger partial charge in [0, 0.05) is 6.42 Å². The first-order valence-corrected chi connectivity index (χ1v) is 5.23. The maximum atomic E-state index is 11.4. The lowest BCUT2D eigenvalue weighted by atomic mass is 9.96. The van der Waals surface area contributed by atoms with E-state index < -0.39 is 17.5 Å². The number of nitrogens with one attached hydrogen (secondary N) is 1. The monoisotopic (exact) mass is 241 g/mol. The minimum Gasteiger partial charge on any atom is -0.465 e.